The Morgan fingerprint density at radius 3 is 2.78 bits per heavy atom. The van der Waals surface area contributed by atoms with Gasteiger partial charge in [-0.15, -0.1) is 5.10 Å². The molecule has 0 radical (unpaired) electrons. The summed E-state index contributed by atoms with van der Waals surface area (Å²) in [5.41, 5.74) is 2.73. The summed E-state index contributed by atoms with van der Waals surface area (Å²) in [6.45, 7) is 5.70. The quantitative estimate of drug-likeness (QED) is 0.937. The first-order valence-corrected chi connectivity index (χ1v) is 7.90. The molecule has 0 bridgehead atoms. The van der Waals surface area contributed by atoms with Gasteiger partial charge in [0.2, 0.25) is 0 Å². The average Bonchev–Trinajstić information content (AvgIpc) is 2.58. The van der Waals surface area contributed by atoms with Crippen molar-refractivity contribution in [3.05, 3.63) is 47.4 Å². The highest BCUT2D eigenvalue weighted by Crippen LogP contribution is 2.19. The van der Waals surface area contributed by atoms with Crippen LogP contribution in [0.1, 0.15) is 34.5 Å². The van der Waals surface area contributed by atoms with E-state index < -0.39 is 0 Å². The van der Waals surface area contributed by atoms with Gasteiger partial charge in [0.15, 0.2) is 5.82 Å². The second-order valence-electron chi connectivity index (χ2n) is 5.97. The molecule has 3 rings (SSSR count). The van der Waals surface area contributed by atoms with Crippen LogP contribution >= 0.6 is 0 Å². The molecular formula is C17H21N5O. The number of anilines is 1. The highest BCUT2D eigenvalue weighted by atomic mass is 16.1. The number of rotatable bonds is 3. The Bertz CT molecular complexity index is 689. The maximum absolute atomic E-state index is 12.3. The highest BCUT2D eigenvalue weighted by molar-refractivity contribution is 5.94. The summed E-state index contributed by atoms with van der Waals surface area (Å²) < 4.78 is 0. The van der Waals surface area contributed by atoms with Crippen LogP contribution in [-0.2, 0) is 0 Å². The smallest absolute Gasteiger partial charge is 0.251 e. The zero-order valence-corrected chi connectivity index (χ0v) is 13.5. The molecular weight excluding hydrogens is 290 g/mol. The van der Waals surface area contributed by atoms with Gasteiger partial charge in [-0.25, -0.2) is 0 Å². The largest absolute Gasteiger partial charge is 0.353 e. The molecule has 1 unspecified atom stereocenters. The minimum Gasteiger partial charge on any atom is -0.353 e. The predicted molar refractivity (Wildman–Crippen MR) is 88.4 cm³/mol. The number of piperidine rings is 1. The summed E-state index contributed by atoms with van der Waals surface area (Å²) in [6, 6.07) is 5.64. The van der Waals surface area contributed by atoms with E-state index in [1.807, 2.05) is 13.8 Å². The minimum atomic E-state index is -0.0505. The van der Waals surface area contributed by atoms with E-state index in [0.29, 0.717) is 5.56 Å². The van der Waals surface area contributed by atoms with Gasteiger partial charge in [-0.05, 0) is 50.5 Å². The molecule has 6 heteroatoms. The zero-order valence-electron chi connectivity index (χ0n) is 13.5. The summed E-state index contributed by atoms with van der Waals surface area (Å²) in [7, 11) is 0. The third-order valence-electron chi connectivity index (χ3n) is 4.24. The molecule has 1 N–H and O–H groups in total. The fourth-order valence-corrected chi connectivity index (χ4v) is 2.76. The van der Waals surface area contributed by atoms with Crippen molar-refractivity contribution in [1.82, 2.24) is 20.5 Å². The van der Waals surface area contributed by atoms with Gasteiger partial charge in [0, 0.05) is 37.1 Å². The standard InChI is InChI=1S/C17H21N5O/c1-12-10-16(21-20-13(12)2)22-9-3-4-15(11-22)19-17(23)14-5-7-18-8-6-14/h5-8,10,15H,3-4,9,11H2,1-2H3,(H,19,23). The lowest BCUT2D eigenvalue weighted by atomic mass is 10.0. The number of nitrogens with one attached hydrogen (secondary N) is 1. The molecule has 1 aliphatic rings. The molecule has 1 atom stereocenters. The average molecular weight is 311 g/mol. The van der Waals surface area contributed by atoms with Gasteiger partial charge in [0.1, 0.15) is 0 Å². The molecule has 1 saturated heterocycles. The number of aromatic nitrogens is 3. The van der Waals surface area contributed by atoms with E-state index in [4.69, 9.17) is 0 Å². The van der Waals surface area contributed by atoms with E-state index in [-0.39, 0.29) is 11.9 Å². The summed E-state index contributed by atoms with van der Waals surface area (Å²) in [6.07, 6.45) is 5.26. The van der Waals surface area contributed by atoms with Crippen molar-refractivity contribution < 1.29 is 4.79 Å². The summed E-state index contributed by atoms with van der Waals surface area (Å²) in [5, 5.41) is 11.6. The van der Waals surface area contributed by atoms with Crippen LogP contribution in [0, 0.1) is 13.8 Å². The number of carbonyl (C=O) groups is 1. The molecule has 6 nitrogen and oxygen atoms in total. The van der Waals surface area contributed by atoms with Crippen LogP contribution in [-0.4, -0.2) is 40.2 Å². The molecule has 0 aromatic carbocycles. The van der Waals surface area contributed by atoms with Gasteiger partial charge in [0.25, 0.3) is 5.91 Å². The molecule has 1 aliphatic heterocycles. The molecule has 3 heterocycles. The van der Waals surface area contributed by atoms with E-state index >= 15 is 0 Å². The molecule has 2 aromatic rings. The van der Waals surface area contributed by atoms with Crippen molar-refractivity contribution in [3.63, 3.8) is 0 Å². The predicted octanol–water partition coefficient (Wildman–Crippen LogP) is 1.89. The van der Waals surface area contributed by atoms with Crippen molar-refractivity contribution >= 4 is 11.7 Å². The minimum absolute atomic E-state index is 0.0505. The lowest BCUT2D eigenvalue weighted by molar-refractivity contribution is 0.0933. The van der Waals surface area contributed by atoms with Crippen LogP contribution < -0.4 is 10.2 Å². The second kappa shape index (κ2) is 6.73. The lowest BCUT2D eigenvalue weighted by Crippen LogP contribution is -2.48. The molecule has 0 saturated carbocycles. The Morgan fingerprint density at radius 1 is 1.26 bits per heavy atom. The molecule has 1 amide bonds. The maximum Gasteiger partial charge on any atom is 0.251 e. The van der Waals surface area contributed by atoms with Crippen molar-refractivity contribution in [3.8, 4) is 0 Å². The third kappa shape index (κ3) is 3.64. The zero-order chi connectivity index (χ0) is 16.2. The Labute approximate surface area is 136 Å². The normalized spacial score (nSPS) is 17.8. The van der Waals surface area contributed by atoms with Crippen molar-refractivity contribution in [2.24, 2.45) is 0 Å². The summed E-state index contributed by atoms with van der Waals surface area (Å²) in [5.74, 6) is 0.835. The van der Waals surface area contributed by atoms with Crippen LogP contribution in [0.25, 0.3) is 0 Å². The number of hydrogen-bond acceptors (Lipinski definition) is 5. The Kier molecular flexibility index (Phi) is 4.50. The summed E-state index contributed by atoms with van der Waals surface area (Å²) >= 11 is 0. The number of hydrogen-bond donors (Lipinski definition) is 1. The number of nitrogens with zero attached hydrogens (tertiary/aromatic N) is 4. The fourth-order valence-electron chi connectivity index (χ4n) is 2.76. The van der Waals surface area contributed by atoms with Gasteiger partial charge >= 0.3 is 0 Å². The molecule has 0 aliphatic carbocycles. The van der Waals surface area contributed by atoms with Gasteiger partial charge in [-0.1, -0.05) is 0 Å². The second-order valence-corrected chi connectivity index (χ2v) is 5.97. The number of pyridine rings is 1. The van der Waals surface area contributed by atoms with Crippen LogP contribution in [0.5, 0.6) is 0 Å². The van der Waals surface area contributed by atoms with Crippen molar-refractivity contribution in [2.45, 2.75) is 32.7 Å². The number of amides is 1. The number of carbonyl (C=O) groups excluding carboxylic acids is 1. The summed E-state index contributed by atoms with van der Waals surface area (Å²) in [4.78, 5) is 18.4. The molecule has 0 spiro atoms. The van der Waals surface area contributed by atoms with Crippen LogP contribution in [0.3, 0.4) is 0 Å². The van der Waals surface area contributed by atoms with E-state index in [1.165, 1.54) is 0 Å². The van der Waals surface area contributed by atoms with Gasteiger partial charge < -0.3 is 10.2 Å². The monoisotopic (exact) mass is 311 g/mol. The van der Waals surface area contributed by atoms with Gasteiger partial charge in [0.05, 0.1) is 5.69 Å². The van der Waals surface area contributed by atoms with E-state index in [2.05, 4.69) is 31.5 Å². The first kappa shape index (κ1) is 15.4. The Morgan fingerprint density at radius 2 is 2.04 bits per heavy atom. The lowest BCUT2D eigenvalue weighted by Gasteiger charge is -2.33. The Balaban J connectivity index is 1.66. The van der Waals surface area contributed by atoms with Crippen LogP contribution in [0.15, 0.2) is 30.6 Å². The van der Waals surface area contributed by atoms with Gasteiger partial charge in [-0.3, -0.25) is 9.78 Å². The van der Waals surface area contributed by atoms with E-state index in [9.17, 15) is 4.79 Å². The molecule has 1 fully saturated rings. The molecule has 23 heavy (non-hydrogen) atoms. The van der Waals surface area contributed by atoms with Crippen LogP contribution in [0.4, 0.5) is 5.82 Å². The van der Waals surface area contributed by atoms with E-state index in [0.717, 1.165) is 43.0 Å². The SMILES string of the molecule is Cc1cc(N2CCCC(NC(=O)c3ccncc3)C2)nnc1C. The highest BCUT2D eigenvalue weighted by Gasteiger charge is 2.23. The fraction of sp³-hybridized carbons (Fsp3) is 0.412. The van der Waals surface area contributed by atoms with Crippen molar-refractivity contribution in [2.75, 3.05) is 18.0 Å². The first-order valence-electron chi connectivity index (χ1n) is 7.90. The maximum atomic E-state index is 12.3. The van der Waals surface area contributed by atoms with Crippen LogP contribution in [0.2, 0.25) is 0 Å². The van der Waals surface area contributed by atoms with Crippen molar-refractivity contribution in [1.29, 1.82) is 0 Å². The topological polar surface area (TPSA) is 71.0 Å². The van der Waals surface area contributed by atoms with E-state index in [1.54, 1.807) is 24.5 Å². The number of aryl methyl sites for hydroxylation is 2. The third-order valence-corrected chi connectivity index (χ3v) is 4.24. The molecule has 2 aromatic heterocycles. The molecule has 120 valence electrons. The Hall–Kier alpha value is -2.50. The van der Waals surface area contributed by atoms with Gasteiger partial charge in [-0.2, -0.15) is 5.10 Å². The first-order chi connectivity index (χ1) is 11.1.